The van der Waals surface area contributed by atoms with Crippen LogP contribution in [0.3, 0.4) is 0 Å². The Morgan fingerprint density at radius 2 is 2.14 bits per heavy atom. The second-order valence-electron chi connectivity index (χ2n) is 6.20. The normalized spacial score (nSPS) is 23.8. The Morgan fingerprint density at radius 3 is 2.76 bits per heavy atom. The van der Waals surface area contributed by atoms with Crippen LogP contribution in [0.15, 0.2) is 18.2 Å². The molecule has 1 aliphatic rings. The average Bonchev–Trinajstić information content (AvgIpc) is 2.69. The molecule has 1 aromatic rings. The molecule has 0 aliphatic carbocycles. The fourth-order valence-electron chi connectivity index (χ4n) is 3.67. The van der Waals surface area contributed by atoms with Crippen molar-refractivity contribution in [2.45, 2.75) is 45.6 Å². The topological polar surface area (TPSA) is 38.5 Å². The Bertz CT molecular complexity index is 447. The van der Waals surface area contributed by atoms with Crippen LogP contribution < -0.4 is 10.5 Å². The summed E-state index contributed by atoms with van der Waals surface area (Å²) in [4.78, 5) is 2.64. The lowest BCUT2D eigenvalue weighted by Crippen LogP contribution is -2.36. The first kappa shape index (κ1) is 16.3. The third kappa shape index (κ3) is 3.78. The minimum atomic E-state index is 0.460. The van der Waals surface area contributed by atoms with Crippen molar-refractivity contribution in [1.82, 2.24) is 4.90 Å². The summed E-state index contributed by atoms with van der Waals surface area (Å²) in [6.07, 6.45) is 5.03. The number of aryl methyl sites for hydroxylation is 1. The van der Waals surface area contributed by atoms with E-state index in [2.05, 4.69) is 36.9 Å². The third-order valence-corrected chi connectivity index (χ3v) is 4.68. The standard InChI is InChI=1S/C18H30N2O/c1-4-10-20-11-6-5-7-16(13-19)18(20)15-8-9-17(21-3)14(2)12-15/h8-9,12,16,18H,4-7,10-11,13,19H2,1-3H3. The molecule has 0 saturated carbocycles. The number of benzene rings is 1. The second kappa shape index (κ2) is 7.81. The summed E-state index contributed by atoms with van der Waals surface area (Å²) in [6.45, 7) is 7.52. The summed E-state index contributed by atoms with van der Waals surface area (Å²) in [5, 5.41) is 0. The molecule has 1 fully saturated rings. The molecule has 21 heavy (non-hydrogen) atoms. The molecule has 3 nitrogen and oxygen atoms in total. The Hall–Kier alpha value is -1.06. The van der Waals surface area contributed by atoms with Gasteiger partial charge in [-0.2, -0.15) is 0 Å². The Labute approximate surface area is 129 Å². The fraction of sp³-hybridized carbons (Fsp3) is 0.667. The van der Waals surface area contributed by atoms with E-state index in [1.807, 2.05) is 0 Å². The molecular formula is C18H30N2O. The van der Waals surface area contributed by atoms with Crippen molar-refractivity contribution in [3.63, 3.8) is 0 Å². The van der Waals surface area contributed by atoms with Crippen LogP contribution >= 0.6 is 0 Å². The summed E-state index contributed by atoms with van der Waals surface area (Å²) in [7, 11) is 1.74. The zero-order valence-corrected chi connectivity index (χ0v) is 13.8. The van der Waals surface area contributed by atoms with Crippen LogP contribution in [0.1, 0.15) is 49.8 Å². The van der Waals surface area contributed by atoms with E-state index in [0.29, 0.717) is 12.0 Å². The zero-order valence-electron chi connectivity index (χ0n) is 13.8. The molecule has 3 heteroatoms. The molecule has 1 aromatic carbocycles. The molecule has 2 unspecified atom stereocenters. The van der Waals surface area contributed by atoms with Gasteiger partial charge in [0.05, 0.1) is 7.11 Å². The molecule has 0 amide bonds. The molecule has 2 rings (SSSR count). The van der Waals surface area contributed by atoms with Crippen molar-refractivity contribution in [2.24, 2.45) is 11.7 Å². The minimum Gasteiger partial charge on any atom is -0.496 e. The monoisotopic (exact) mass is 290 g/mol. The number of rotatable bonds is 5. The Kier molecular flexibility index (Phi) is 6.07. The SMILES string of the molecule is CCCN1CCCCC(CN)C1c1ccc(OC)c(C)c1. The van der Waals surface area contributed by atoms with E-state index in [-0.39, 0.29) is 0 Å². The van der Waals surface area contributed by atoms with E-state index in [1.54, 1.807) is 7.11 Å². The number of hydrogen-bond acceptors (Lipinski definition) is 3. The van der Waals surface area contributed by atoms with Gasteiger partial charge in [-0.25, -0.2) is 0 Å². The first-order valence-corrected chi connectivity index (χ1v) is 8.29. The van der Waals surface area contributed by atoms with Gasteiger partial charge in [-0.3, -0.25) is 4.90 Å². The molecular weight excluding hydrogens is 260 g/mol. The summed E-state index contributed by atoms with van der Waals surface area (Å²) in [5.41, 5.74) is 8.72. The summed E-state index contributed by atoms with van der Waals surface area (Å²) < 4.78 is 5.40. The summed E-state index contributed by atoms with van der Waals surface area (Å²) in [5.74, 6) is 1.53. The fourth-order valence-corrected chi connectivity index (χ4v) is 3.67. The molecule has 0 aromatic heterocycles. The van der Waals surface area contributed by atoms with Gasteiger partial charge in [-0.05, 0) is 68.9 Å². The highest BCUT2D eigenvalue weighted by molar-refractivity contribution is 5.37. The van der Waals surface area contributed by atoms with Gasteiger partial charge in [0.15, 0.2) is 0 Å². The maximum absolute atomic E-state index is 6.10. The molecule has 1 aliphatic heterocycles. The number of nitrogens with zero attached hydrogens (tertiary/aromatic N) is 1. The lowest BCUT2D eigenvalue weighted by molar-refractivity contribution is 0.158. The maximum Gasteiger partial charge on any atom is 0.121 e. The summed E-state index contributed by atoms with van der Waals surface area (Å²) in [6, 6.07) is 7.09. The van der Waals surface area contributed by atoms with E-state index in [9.17, 15) is 0 Å². The summed E-state index contributed by atoms with van der Waals surface area (Å²) >= 11 is 0. The highest BCUT2D eigenvalue weighted by atomic mass is 16.5. The number of methoxy groups -OCH3 is 1. The van der Waals surface area contributed by atoms with Crippen LogP contribution in [-0.2, 0) is 0 Å². The van der Waals surface area contributed by atoms with Crippen LogP contribution in [0.2, 0.25) is 0 Å². The van der Waals surface area contributed by atoms with Crippen LogP contribution in [0.5, 0.6) is 5.75 Å². The average molecular weight is 290 g/mol. The lowest BCUT2D eigenvalue weighted by Gasteiger charge is -2.35. The Balaban J connectivity index is 2.34. The number of hydrogen-bond donors (Lipinski definition) is 1. The van der Waals surface area contributed by atoms with Crippen LogP contribution in [0.4, 0.5) is 0 Å². The van der Waals surface area contributed by atoms with Crippen LogP contribution in [0.25, 0.3) is 0 Å². The lowest BCUT2D eigenvalue weighted by atomic mass is 9.88. The van der Waals surface area contributed by atoms with Gasteiger partial charge in [0, 0.05) is 6.04 Å². The first-order chi connectivity index (χ1) is 10.2. The van der Waals surface area contributed by atoms with Crippen molar-refractivity contribution in [3.8, 4) is 5.75 Å². The molecule has 0 bridgehead atoms. The predicted molar refractivity (Wildman–Crippen MR) is 88.7 cm³/mol. The molecule has 118 valence electrons. The zero-order chi connectivity index (χ0) is 15.2. The molecule has 2 N–H and O–H groups in total. The molecule has 0 radical (unpaired) electrons. The number of ether oxygens (including phenoxy) is 1. The van der Waals surface area contributed by atoms with Crippen molar-refractivity contribution in [2.75, 3.05) is 26.7 Å². The van der Waals surface area contributed by atoms with Gasteiger partial charge in [-0.1, -0.05) is 25.5 Å². The van der Waals surface area contributed by atoms with Crippen molar-refractivity contribution in [1.29, 1.82) is 0 Å². The maximum atomic E-state index is 6.10. The van der Waals surface area contributed by atoms with Gasteiger partial charge in [-0.15, -0.1) is 0 Å². The highest BCUT2D eigenvalue weighted by Gasteiger charge is 2.30. The van der Waals surface area contributed by atoms with Gasteiger partial charge < -0.3 is 10.5 Å². The molecule has 1 heterocycles. The van der Waals surface area contributed by atoms with Crippen LogP contribution in [-0.4, -0.2) is 31.6 Å². The predicted octanol–water partition coefficient (Wildman–Crippen LogP) is 3.52. The molecule has 2 atom stereocenters. The van der Waals surface area contributed by atoms with E-state index in [0.717, 1.165) is 18.8 Å². The molecule has 1 saturated heterocycles. The first-order valence-electron chi connectivity index (χ1n) is 8.29. The van der Waals surface area contributed by atoms with Gasteiger partial charge in [0.1, 0.15) is 5.75 Å². The van der Waals surface area contributed by atoms with E-state index in [4.69, 9.17) is 10.5 Å². The third-order valence-electron chi connectivity index (χ3n) is 4.68. The largest absolute Gasteiger partial charge is 0.496 e. The van der Waals surface area contributed by atoms with Crippen molar-refractivity contribution < 1.29 is 4.74 Å². The smallest absolute Gasteiger partial charge is 0.121 e. The van der Waals surface area contributed by atoms with E-state index in [1.165, 1.54) is 43.4 Å². The van der Waals surface area contributed by atoms with Crippen molar-refractivity contribution >= 4 is 0 Å². The molecule has 0 spiro atoms. The van der Waals surface area contributed by atoms with Crippen LogP contribution in [0, 0.1) is 12.8 Å². The van der Waals surface area contributed by atoms with E-state index >= 15 is 0 Å². The Morgan fingerprint density at radius 1 is 1.33 bits per heavy atom. The number of nitrogens with two attached hydrogens (primary N) is 1. The van der Waals surface area contributed by atoms with E-state index < -0.39 is 0 Å². The van der Waals surface area contributed by atoms with Crippen molar-refractivity contribution in [3.05, 3.63) is 29.3 Å². The van der Waals surface area contributed by atoms with Gasteiger partial charge in [0.2, 0.25) is 0 Å². The van der Waals surface area contributed by atoms with Gasteiger partial charge in [0.25, 0.3) is 0 Å². The quantitative estimate of drug-likeness (QED) is 0.902. The second-order valence-corrected chi connectivity index (χ2v) is 6.20. The van der Waals surface area contributed by atoms with Gasteiger partial charge >= 0.3 is 0 Å². The highest BCUT2D eigenvalue weighted by Crippen LogP contribution is 2.36. The number of likely N-dealkylation sites (tertiary alicyclic amines) is 1. The minimum absolute atomic E-state index is 0.460.